The topological polar surface area (TPSA) is 166 Å². The van der Waals surface area contributed by atoms with Gasteiger partial charge in [-0.1, -0.05) is 106 Å². The van der Waals surface area contributed by atoms with E-state index in [0.717, 1.165) is 57.8 Å². The number of esters is 2. The van der Waals surface area contributed by atoms with Gasteiger partial charge in [0.25, 0.3) is 0 Å². The highest BCUT2D eigenvalue weighted by atomic mass is 31.2. The van der Waals surface area contributed by atoms with Crippen LogP contribution < -0.4 is 0 Å². The van der Waals surface area contributed by atoms with E-state index >= 15 is 0 Å². The molecule has 1 unspecified atom stereocenters. The van der Waals surface area contributed by atoms with Gasteiger partial charge in [-0.15, -0.1) is 0 Å². The highest BCUT2D eigenvalue weighted by Crippen LogP contribution is 2.43. The number of allylic oxidation sites excluding steroid dienone is 11. The summed E-state index contributed by atoms with van der Waals surface area (Å²) < 4.78 is 34.1. The van der Waals surface area contributed by atoms with Crippen LogP contribution in [0.3, 0.4) is 0 Å². The molecule has 1 rings (SSSR count). The Morgan fingerprint density at radius 1 is 0.814 bits per heavy atom. The Morgan fingerprint density at radius 2 is 1.44 bits per heavy atom. The molecule has 336 valence electrons. The van der Waals surface area contributed by atoms with Gasteiger partial charge in [0.1, 0.15) is 25.5 Å². The van der Waals surface area contributed by atoms with Crippen molar-refractivity contribution in [2.75, 3.05) is 47.5 Å². The largest absolute Gasteiger partial charge is 0.472 e. The van der Waals surface area contributed by atoms with Crippen LogP contribution in [0.2, 0.25) is 0 Å². The molecule has 1 fully saturated rings. The summed E-state index contributed by atoms with van der Waals surface area (Å²) in [6, 6.07) is 0. The molecule has 3 N–H and O–H groups in total. The van der Waals surface area contributed by atoms with E-state index in [9.17, 15) is 34.1 Å². The molecule has 13 heteroatoms. The molecular weight excluding hydrogens is 773 g/mol. The van der Waals surface area contributed by atoms with Crippen LogP contribution in [-0.4, -0.2) is 103 Å². The zero-order valence-corrected chi connectivity index (χ0v) is 37.6. The first-order chi connectivity index (χ1) is 28.2. The number of carbonyl (C=O) groups excluding carboxylic acids is 3. The Bertz CT molecular complexity index is 1400. The van der Waals surface area contributed by atoms with Gasteiger partial charge in [0.2, 0.25) is 0 Å². The maximum atomic E-state index is 12.8. The second-order valence-corrected chi connectivity index (χ2v) is 17.6. The zero-order valence-electron chi connectivity index (χ0n) is 36.7. The van der Waals surface area contributed by atoms with Crippen LogP contribution in [0.25, 0.3) is 0 Å². The molecule has 0 aromatic rings. The number of carbonyl (C=O) groups is 3. The predicted molar refractivity (Wildman–Crippen MR) is 234 cm³/mol. The van der Waals surface area contributed by atoms with Gasteiger partial charge in [0.05, 0.1) is 40.0 Å². The van der Waals surface area contributed by atoms with Crippen LogP contribution in [0, 0.1) is 11.8 Å². The number of ketones is 1. The van der Waals surface area contributed by atoms with Crippen molar-refractivity contribution in [3.63, 3.8) is 0 Å². The maximum absolute atomic E-state index is 12.8. The second kappa shape index (κ2) is 32.8. The molecule has 1 aliphatic carbocycles. The van der Waals surface area contributed by atoms with Crippen molar-refractivity contribution < 1.29 is 57.1 Å². The number of quaternary nitrogens is 1. The van der Waals surface area contributed by atoms with Gasteiger partial charge in [0.15, 0.2) is 6.10 Å². The Balaban J connectivity index is 2.57. The lowest BCUT2D eigenvalue weighted by molar-refractivity contribution is -0.870. The quantitative estimate of drug-likeness (QED) is 0.0186. The molecule has 6 atom stereocenters. The standard InChI is InChI=1S/C46H76NO11P/c1-6-8-10-11-12-13-14-15-16-17-18-19-20-21-26-30-45(51)55-37-40(38-57-59(53,54)56-35-34-47(3,4)5)58-46(52)31-27-23-22-25-29-41-42(44(50)36-43(41)49)33-32-39(48)28-24-9-7-2/h8,10,12-13,15-16,18-19,22,25,32-33,39-43,48-49H,6-7,9,11,14,17,20-21,23-24,26-31,34-38H2,1-5H3/p+1/b10-8-,13-12-,16-15-,19-18-,25-22-,33-32+/t39-,40+,41+,42+,43-/m0/s1. The van der Waals surface area contributed by atoms with Crippen LogP contribution in [0.15, 0.2) is 72.9 Å². The summed E-state index contributed by atoms with van der Waals surface area (Å²) in [5.41, 5.74) is 0. The molecule has 0 heterocycles. The van der Waals surface area contributed by atoms with Crippen molar-refractivity contribution in [1.82, 2.24) is 0 Å². The molecular formula is C46H77NO11P+. The smallest absolute Gasteiger partial charge is 0.462 e. The number of aliphatic hydroxyl groups is 2. The fraction of sp³-hybridized carbons (Fsp3) is 0.674. The number of hydrogen-bond donors (Lipinski definition) is 3. The van der Waals surface area contributed by atoms with Crippen LogP contribution in [0.4, 0.5) is 0 Å². The molecule has 12 nitrogen and oxygen atoms in total. The molecule has 1 aliphatic rings. The third kappa shape index (κ3) is 29.8. The molecule has 0 aliphatic heterocycles. The monoisotopic (exact) mass is 851 g/mol. The number of rotatable bonds is 34. The third-order valence-corrected chi connectivity index (χ3v) is 10.6. The van der Waals surface area contributed by atoms with E-state index in [4.69, 9.17) is 18.5 Å². The second-order valence-electron chi connectivity index (χ2n) is 16.1. The summed E-state index contributed by atoms with van der Waals surface area (Å²) >= 11 is 0. The fourth-order valence-corrected chi connectivity index (χ4v) is 6.84. The number of nitrogens with zero attached hydrogens (tertiary/aromatic N) is 1. The SMILES string of the molecule is CC/C=C\C/C=C\C/C=C\C/C=C\CCCCC(=O)OC[C@H](COP(=O)(O)OCC[N+](C)(C)C)OC(=O)CCC/C=C\C[C@H]1[C@@H](O)CC(=O)[C@@H]1/C=C/[C@@H](O)CCCCC. The molecule has 0 aromatic heterocycles. The molecule has 0 bridgehead atoms. The number of Topliss-reactive ketones (excluding diaryl/α,β-unsaturated/α-hetero) is 1. The first-order valence-corrected chi connectivity index (χ1v) is 23.3. The number of hydrogen-bond acceptors (Lipinski definition) is 10. The highest BCUT2D eigenvalue weighted by Gasteiger charge is 2.39. The van der Waals surface area contributed by atoms with Crippen LogP contribution in [0.5, 0.6) is 0 Å². The molecule has 0 saturated heterocycles. The minimum Gasteiger partial charge on any atom is -0.462 e. The lowest BCUT2D eigenvalue weighted by Crippen LogP contribution is -2.37. The summed E-state index contributed by atoms with van der Waals surface area (Å²) in [6.07, 6.45) is 33.3. The van der Waals surface area contributed by atoms with Gasteiger partial charge >= 0.3 is 19.8 Å². The molecule has 0 radical (unpaired) electrons. The van der Waals surface area contributed by atoms with E-state index in [1.807, 2.05) is 33.3 Å². The molecule has 0 spiro atoms. The van der Waals surface area contributed by atoms with Crippen molar-refractivity contribution in [3.05, 3.63) is 72.9 Å². The number of likely N-dealkylation sites (N-methyl/N-ethyl adjacent to an activating group) is 1. The summed E-state index contributed by atoms with van der Waals surface area (Å²) in [4.78, 5) is 48.0. The Hall–Kier alpha value is -2.96. The number of unbranched alkanes of at least 4 members (excludes halogenated alkanes) is 5. The van der Waals surface area contributed by atoms with Gasteiger partial charge < -0.3 is 29.1 Å². The van der Waals surface area contributed by atoms with E-state index in [1.54, 1.807) is 12.2 Å². The average Bonchev–Trinajstić information content (AvgIpc) is 3.44. The summed E-state index contributed by atoms with van der Waals surface area (Å²) in [7, 11) is 1.28. The van der Waals surface area contributed by atoms with Crippen LogP contribution in [0.1, 0.15) is 123 Å². The maximum Gasteiger partial charge on any atom is 0.472 e. The molecule has 0 amide bonds. The predicted octanol–water partition coefficient (Wildman–Crippen LogP) is 8.83. The summed E-state index contributed by atoms with van der Waals surface area (Å²) in [5, 5.41) is 20.8. The summed E-state index contributed by atoms with van der Waals surface area (Å²) in [6.45, 7) is 3.81. The van der Waals surface area contributed by atoms with Crippen molar-refractivity contribution in [2.45, 2.75) is 141 Å². The lowest BCUT2D eigenvalue weighted by Gasteiger charge is -2.24. The van der Waals surface area contributed by atoms with Crippen molar-refractivity contribution in [1.29, 1.82) is 0 Å². The van der Waals surface area contributed by atoms with E-state index < -0.39 is 50.6 Å². The van der Waals surface area contributed by atoms with Gasteiger partial charge in [0, 0.05) is 31.1 Å². The number of phosphoric ester groups is 1. The van der Waals surface area contributed by atoms with Gasteiger partial charge in [-0.2, -0.15) is 0 Å². The lowest BCUT2D eigenvalue weighted by atomic mass is 9.90. The van der Waals surface area contributed by atoms with E-state index in [2.05, 4.69) is 62.5 Å². The van der Waals surface area contributed by atoms with Gasteiger partial charge in [-0.25, -0.2) is 4.57 Å². The first-order valence-electron chi connectivity index (χ1n) is 21.8. The van der Waals surface area contributed by atoms with E-state index in [0.29, 0.717) is 43.1 Å². The Kier molecular flexibility index (Phi) is 30.0. The van der Waals surface area contributed by atoms with Crippen LogP contribution in [-0.2, 0) is 37.5 Å². The Morgan fingerprint density at radius 3 is 2.10 bits per heavy atom. The molecule has 1 saturated carbocycles. The van der Waals surface area contributed by atoms with Crippen LogP contribution >= 0.6 is 7.82 Å². The third-order valence-electron chi connectivity index (χ3n) is 9.60. The first kappa shape index (κ1) is 54.1. The highest BCUT2D eigenvalue weighted by molar-refractivity contribution is 7.47. The number of phosphoric acid groups is 1. The van der Waals surface area contributed by atoms with Crippen molar-refractivity contribution in [2.24, 2.45) is 11.8 Å². The van der Waals surface area contributed by atoms with E-state index in [-0.39, 0.29) is 44.2 Å². The number of aliphatic hydroxyl groups excluding tert-OH is 2. The Labute approximate surface area is 355 Å². The minimum absolute atomic E-state index is 0.0270. The fourth-order valence-electron chi connectivity index (χ4n) is 6.10. The van der Waals surface area contributed by atoms with Crippen molar-refractivity contribution in [3.8, 4) is 0 Å². The van der Waals surface area contributed by atoms with Gasteiger partial charge in [-0.3, -0.25) is 23.4 Å². The summed E-state index contributed by atoms with van der Waals surface area (Å²) in [5.74, 6) is -1.82. The normalized spacial score (nSPS) is 19.9. The minimum atomic E-state index is -4.46. The molecule has 59 heavy (non-hydrogen) atoms. The average molecular weight is 851 g/mol. The van der Waals surface area contributed by atoms with Gasteiger partial charge in [-0.05, 0) is 70.6 Å². The van der Waals surface area contributed by atoms with E-state index in [1.165, 1.54) is 0 Å². The van der Waals surface area contributed by atoms with Crippen molar-refractivity contribution >= 4 is 25.5 Å². The molecule has 0 aromatic carbocycles. The zero-order chi connectivity index (χ0) is 43.8. The number of ether oxygens (including phenoxy) is 2.